The van der Waals surface area contributed by atoms with E-state index in [2.05, 4.69) is 0 Å². The molecule has 1 saturated carbocycles. The molecular formula is C25H29N3O2. The van der Waals surface area contributed by atoms with Gasteiger partial charge in [-0.25, -0.2) is 0 Å². The molecule has 5 heteroatoms. The third kappa shape index (κ3) is 4.02. The molecule has 2 aromatic rings. The topological polar surface area (TPSA) is 53.0 Å². The van der Waals surface area contributed by atoms with Gasteiger partial charge in [-0.15, -0.1) is 0 Å². The first-order chi connectivity index (χ1) is 14.6. The van der Waals surface area contributed by atoms with Crippen LogP contribution in [0.15, 0.2) is 59.6 Å². The lowest BCUT2D eigenvalue weighted by molar-refractivity contribution is -0.132. The van der Waals surface area contributed by atoms with E-state index in [0.29, 0.717) is 0 Å². The zero-order valence-electron chi connectivity index (χ0n) is 17.8. The van der Waals surface area contributed by atoms with Crippen molar-refractivity contribution >= 4 is 23.2 Å². The van der Waals surface area contributed by atoms with E-state index < -0.39 is 6.04 Å². The molecule has 5 nitrogen and oxygen atoms in total. The number of rotatable bonds is 4. The maximum Gasteiger partial charge on any atom is 0.252 e. The fourth-order valence-corrected chi connectivity index (χ4v) is 4.48. The molecule has 4 rings (SSSR count). The Bertz CT molecular complexity index is 948. The second kappa shape index (κ2) is 8.82. The van der Waals surface area contributed by atoms with Gasteiger partial charge in [0.1, 0.15) is 12.6 Å². The number of benzene rings is 2. The molecule has 2 aliphatic rings. The summed E-state index contributed by atoms with van der Waals surface area (Å²) in [6.07, 6.45) is 5.67. The summed E-state index contributed by atoms with van der Waals surface area (Å²) >= 11 is 0. The zero-order valence-corrected chi connectivity index (χ0v) is 17.8. The molecule has 0 radical (unpaired) electrons. The van der Waals surface area contributed by atoms with Crippen LogP contribution in [0.1, 0.15) is 50.2 Å². The summed E-state index contributed by atoms with van der Waals surface area (Å²) in [4.78, 5) is 34.6. The molecule has 1 atom stereocenters. The Morgan fingerprint density at radius 1 is 1.03 bits per heavy atom. The van der Waals surface area contributed by atoms with Crippen molar-refractivity contribution in [2.75, 3.05) is 18.5 Å². The van der Waals surface area contributed by atoms with Crippen molar-refractivity contribution in [2.45, 2.75) is 51.1 Å². The molecule has 0 spiro atoms. The van der Waals surface area contributed by atoms with Crippen molar-refractivity contribution in [1.82, 2.24) is 4.90 Å². The lowest BCUT2D eigenvalue weighted by Crippen LogP contribution is -2.47. The van der Waals surface area contributed by atoms with Gasteiger partial charge in [-0.1, -0.05) is 67.8 Å². The van der Waals surface area contributed by atoms with E-state index in [1.165, 1.54) is 19.3 Å². The van der Waals surface area contributed by atoms with Gasteiger partial charge >= 0.3 is 0 Å². The zero-order chi connectivity index (χ0) is 21.1. The Labute approximate surface area is 178 Å². The van der Waals surface area contributed by atoms with Gasteiger partial charge in [-0.3, -0.25) is 14.6 Å². The Hall–Kier alpha value is -2.95. The maximum absolute atomic E-state index is 13.3. The van der Waals surface area contributed by atoms with Gasteiger partial charge in [-0.2, -0.15) is 0 Å². The van der Waals surface area contributed by atoms with Crippen molar-refractivity contribution in [3.63, 3.8) is 0 Å². The van der Waals surface area contributed by atoms with Crippen molar-refractivity contribution < 1.29 is 9.59 Å². The van der Waals surface area contributed by atoms with Crippen molar-refractivity contribution in [1.29, 1.82) is 0 Å². The number of anilines is 1. The summed E-state index contributed by atoms with van der Waals surface area (Å²) in [5.41, 5.74) is 3.40. The highest BCUT2D eigenvalue weighted by atomic mass is 16.2. The Morgan fingerprint density at radius 2 is 1.70 bits per heavy atom. The normalized spacial score (nSPS) is 19.7. The summed E-state index contributed by atoms with van der Waals surface area (Å²) in [6, 6.07) is 17.4. The molecule has 2 amide bonds. The van der Waals surface area contributed by atoms with Gasteiger partial charge < -0.3 is 9.80 Å². The van der Waals surface area contributed by atoms with E-state index in [4.69, 9.17) is 4.99 Å². The van der Waals surface area contributed by atoms with Crippen LogP contribution in [0, 0.1) is 0 Å². The van der Waals surface area contributed by atoms with Crippen molar-refractivity contribution in [3.05, 3.63) is 65.7 Å². The van der Waals surface area contributed by atoms with Gasteiger partial charge in [0.2, 0.25) is 5.91 Å². The molecule has 1 heterocycles. The third-order valence-corrected chi connectivity index (χ3v) is 6.25. The van der Waals surface area contributed by atoms with Crippen LogP contribution in [0.3, 0.4) is 0 Å². The fraction of sp³-hybridized carbons (Fsp3) is 0.400. The first kappa shape index (κ1) is 20.3. The van der Waals surface area contributed by atoms with E-state index in [-0.39, 0.29) is 24.4 Å². The largest absolute Gasteiger partial charge is 0.341 e. The van der Waals surface area contributed by atoms with Crippen LogP contribution in [0.2, 0.25) is 0 Å². The maximum atomic E-state index is 13.3. The number of carbonyl (C=O) groups is 2. The van der Waals surface area contributed by atoms with Gasteiger partial charge in [0.25, 0.3) is 5.91 Å². The molecule has 2 aromatic carbocycles. The van der Waals surface area contributed by atoms with Crippen LogP contribution >= 0.6 is 0 Å². The van der Waals surface area contributed by atoms with Crippen LogP contribution in [0.4, 0.5) is 5.69 Å². The predicted molar refractivity (Wildman–Crippen MR) is 120 cm³/mol. The number of aliphatic imine (C=N–C) groups is 1. The first-order valence-electron chi connectivity index (χ1n) is 10.9. The van der Waals surface area contributed by atoms with Gasteiger partial charge in [0.15, 0.2) is 0 Å². The van der Waals surface area contributed by atoms with E-state index in [9.17, 15) is 9.59 Å². The number of likely N-dealkylation sites (N-methyl/N-ethyl adjacent to an activating group) is 1. The van der Waals surface area contributed by atoms with Crippen LogP contribution in [0.25, 0.3) is 0 Å². The summed E-state index contributed by atoms with van der Waals surface area (Å²) < 4.78 is 0. The molecule has 0 saturated heterocycles. The van der Waals surface area contributed by atoms with E-state index in [0.717, 1.165) is 35.4 Å². The van der Waals surface area contributed by atoms with Crippen molar-refractivity contribution in [3.8, 4) is 0 Å². The number of nitrogens with zero attached hydrogens (tertiary/aromatic N) is 3. The van der Waals surface area contributed by atoms with Crippen LogP contribution in [0.5, 0.6) is 0 Å². The monoisotopic (exact) mass is 403 g/mol. The number of benzodiazepines with no additional fused rings is 1. The average molecular weight is 404 g/mol. The number of amides is 2. The summed E-state index contributed by atoms with van der Waals surface area (Å²) in [5.74, 6) is -0.154. The summed E-state index contributed by atoms with van der Waals surface area (Å²) in [5, 5.41) is 0. The van der Waals surface area contributed by atoms with Crippen molar-refractivity contribution in [2.24, 2.45) is 4.99 Å². The highest BCUT2D eigenvalue weighted by Gasteiger charge is 2.32. The molecule has 30 heavy (non-hydrogen) atoms. The molecule has 156 valence electrons. The number of fused-ring (bicyclic) bond motifs is 1. The lowest BCUT2D eigenvalue weighted by atomic mass is 9.94. The van der Waals surface area contributed by atoms with Gasteiger partial charge in [0.05, 0.1) is 11.4 Å². The highest BCUT2D eigenvalue weighted by molar-refractivity contribution is 6.20. The SMILES string of the molecule is CC1N=C(c2ccccc2)c2ccccc2N(CC(=O)N(C)C2CCCCC2)C1=O. The molecular weight excluding hydrogens is 374 g/mol. The van der Waals surface area contributed by atoms with Gasteiger partial charge in [0, 0.05) is 24.2 Å². The van der Waals surface area contributed by atoms with Gasteiger partial charge in [-0.05, 0) is 25.8 Å². The Kier molecular flexibility index (Phi) is 5.98. The second-order valence-electron chi connectivity index (χ2n) is 8.26. The number of carbonyl (C=O) groups excluding carboxylic acids is 2. The molecule has 0 N–H and O–H groups in total. The second-order valence-corrected chi connectivity index (χ2v) is 8.26. The predicted octanol–water partition coefficient (Wildman–Crippen LogP) is 4.05. The van der Waals surface area contributed by atoms with Crippen LogP contribution < -0.4 is 4.90 Å². The van der Waals surface area contributed by atoms with E-state index >= 15 is 0 Å². The smallest absolute Gasteiger partial charge is 0.252 e. The Balaban J connectivity index is 1.66. The van der Waals surface area contributed by atoms with E-state index in [1.807, 2.05) is 66.5 Å². The highest BCUT2D eigenvalue weighted by Crippen LogP contribution is 2.29. The standard InChI is InChI=1S/C25H29N3O2/c1-18-25(30)28(17-23(29)27(2)20-13-7-4-8-14-20)22-16-10-9-15-21(22)24(26-18)19-11-5-3-6-12-19/h3,5-6,9-12,15-16,18,20H,4,7-8,13-14,17H2,1-2H3. The number of para-hydroxylation sites is 1. The minimum absolute atomic E-state index is 0.0135. The molecule has 1 unspecified atom stereocenters. The average Bonchev–Trinajstić information content (AvgIpc) is 2.90. The quantitative estimate of drug-likeness (QED) is 0.773. The van der Waals surface area contributed by atoms with E-state index in [1.54, 1.807) is 11.8 Å². The molecule has 1 aliphatic carbocycles. The minimum atomic E-state index is -0.555. The summed E-state index contributed by atoms with van der Waals surface area (Å²) in [6.45, 7) is 1.85. The Morgan fingerprint density at radius 3 is 2.43 bits per heavy atom. The fourth-order valence-electron chi connectivity index (χ4n) is 4.48. The lowest BCUT2D eigenvalue weighted by Gasteiger charge is -2.33. The first-order valence-corrected chi connectivity index (χ1v) is 10.9. The van der Waals surface area contributed by atoms with Crippen LogP contribution in [-0.4, -0.2) is 48.1 Å². The molecule has 1 aliphatic heterocycles. The molecule has 0 bridgehead atoms. The summed E-state index contributed by atoms with van der Waals surface area (Å²) in [7, 11) is 1.88. The third-order valence-electron chi connectivity index (χ3n) is 6.25. The minimum Gasteiger partial charge on any atom is -0.341 e. The van der Waals surface area contributed by atoms with Crippen LogP contribution in [-0.2, 0) is 9.59 Å². The molecule has 0 aromatic heterocycles. The number of hydrogen-bond donors (Lipinski definition) is 0. The molecule has 1 fully saturated rings. The number of hydrogen-bond acceptors (Lipinski definition) is 3.